The number of rotatable bonds is 2. The van der Waals surface area contributed by atoms with Gasteiger partial charge in [0.1, 0.15) is 22.7 Å². The summed E-state index contributed by atoms with van der Waals surface area (Å²) < 4.78 is 9.44. The minimum atomic E-state index is -1.29. The van der Waals surface area contributed by atoms with Gasteiger partial charge in [-0.25, -0.2) is 9.59 Å². The predicted octanol–water partition coefficient (Wildman–Crippen LogP) is 4.09. The Balaban J connectivity index is 0.000000254. The maximum Gasteiger partial charge on any atom is 0.511 e. The molecule has 0 aliphatic heterocycles. The molecule has 6 heteroatoms. The van der Waals surface area contributed by atoms with Gasteiger partial charge in [0, 0.05) is 0 Å². The van der Waals surface area contributed by atoms with Crippen molar-refractivity contribution in [3.05, 3.63) is 60.2 Å². The Kier molecular flexibility index (Phi) is 6.79. The minimum absolute atomic E-state index is 0.0539. The van der Waals surface area contributed by atoms with Crippen LogP contribution in [0.1, 0.15) is 31.1 Å². The third-order valence-corrected chi connectivity index (χ3v) is 2.47. The van der Waals surface area contributed by atoms with Gasteiger partial charge >= 0.3 is 12.1 Å². The minimum Gasteiger partial charge on any atom is -0.507 e. The van der Waals surface area contributed by atoms with Crippen molar-refractivity contribution in [1.82, 2.24) is 0 Å². The van der Waals surface area contributed by atoms with E-state index in [0.29, 0.717) is 5.75 Å². The van der Waals surface area contributed by atoms with Gasteiger partial charge in [0.25, 0.3) is 0 Å². The number of carbonyl (C=O) groups is 2. The van der Waals surface area contributed by atoms with Crippen molar-refractivity contribution in [2.24, 2.45) is 0 Å². The summed E-state index contributed by atoms with van der Waals surface area (Å²) in [5.74, 6) is -0.215. The van der Waals surface area contributed by atoms with E-state index >= 15 is 0 Å². The highest BCUT2D eigenvalue weighted by molar-refractivity contribution is 5.92. The van der Waals surface area contributed by atoms with Crippen LogP contribution in [0.15, 0.2) is 54.6 Å². The second kappa shape index (κ2) is 8.57. The average molecular weight is 332 g/mol. The Morgan fingerprint density at radius 2 is 1.46 bits per heavy atom. The lowest BCUT2D eigenvalue weighted by Gasteiger charge is -2.19. The van der Waals surface area contributed by atoms with E-state index in [-0.39, 0.29) is 11.3 Å². The van der Waals surface area contributed by atoms with Crippen LogP contribution >= 0.6 is 0 Å². The zero-order valence-electron chi connectivity index (χ0n) is 13.7. The fraction of sp³-hybridized carbons (Fsp3) is 0.222. The summed E-state index contributed by atoms with van der Waals surface area (Å²) in [4.78, 5) is 21.4. The Morgan fingerprint density at radius 1 is 0.917 bits per heavy atom. The number of ether oxygens (including phenoxy) is 2. The van der Waals surface area contributed by atoms with E-state index in [1.807, 2.05) is 0 Å². The van der Waals surface area contributed by atoms with Crippen LogP contribution in [0.25, 0.3) is 0 Å². The van der Waals surface area contributed by atoms with Crippen LogP contribution in [0, 0.1) is 0 Å². The van der Waals surface area contributed by atoms with Gasteiger partial charge in [-0.15, -0.1) is 0 Å². The standard InChI is InChI=1S/C11H14O3.C7H6O3/c1-11(2,3)14-10(13)8-6-4-5-7-9(8)12;8-7(9)10-6-4-2-1-3-5-6/h4-7,12H,1-3H3;1-5H,(H,8,9). The summed E-state index contributed by atoms with van der Waals surface area (Å²) in [6, 6.07) is 14.7. The summed E-state index contributed by atoms with van der Waals surface area (Å²) in [6.45, 7) is 5.35. The maximum absolute atomic E-state index is 11.5. The molecule has 0 fully saturated rings. The molecule has 2 rings (SSSR count). The van der Waals surface area contributed by atoms with E-state index in [1.165, 1.54) is 12.1 Å². The molecule has 0 spiro atoms. The van der Waals surface area contributed by atoms with Gasteiger partial charge < -0.3 is 19.7 Å². The number of carboxylic acid groups (broad SMARTS) is 1. The average Bonchev–Trinajstić information content (AvgIpc) is 2.47. The fourth-order valence-corrected chi connectivity index (χ4v) is 1.57. The van der Waals surface area contributed by atoms with Crippen LogP contribution in [-0.4, -0.2) is 27.9 Å². The highest BCUT2D eigenvalue weighted by atomic mass is 16.7. The number of phenols is 1. The molecule has 0 amide bonds. The number of para-hydroxylation sites is 2. The van der Waals surface area contributed by atoms with Gasteiger partial charge in [-0.3, -0.25) is 0 Å². The number of carbonyl (C=O) groups excluding carboxylic acids is 1. The van der Waals surface area contributed by atoms with E-state index < -0.39 is 17.7 Å². The maximum atomic E-state index is 11.5. The molecule has 0 saturated heterocycles. The molecule has 0 aliphatic carbocycles. The molecule has 24 heavy (non-hydrogen) atoms. The van der Waals surface area contributed by atoms with Gasteiger partial charge in [-0.05, 0) is 45.0 Å². The molecule has 2 N–H and O–H groups in total. The van der Waals surface area contributed by atoms with Gasteiger partial charge in [-0.2, -0.15) is 0 Å². The predicted molar refractivity (Wildman–Crippen MR) is 88.4 cm³/mol. The van der Waals surface area contributed by atoms with E-state index in [9.17, 15) is 14.7 Å². The molecule has 128 valence electrons. The molecule has 0 aliphatic rings. The number of hydrogen-bond donors (Lipinski definition) is 2. The van der Waals surface area contributed by atoms with Gasteiger partial charge in [0.15, 0.2) is 0 Å². The van der Waals surface area contributed by atoms with Gasteiger partial charge in [-0.1, -0.05) is 30.3 Å². The zero-order chi connectivity index (χ0) is 18.2. The Labute approximate surface area is 140 Å². The fourth-order valence-electron chi connectivity index (χ4n) is 1.57. The summed E-state index contributed by atoms with van der Waals surface area (Å²) in [6.07, 6.45) is -1.29. The molecule has 2 aromatic carbocycles. The molecular weight excluding hydrogens is 312 g/mol. The first-order valence-corrected chi connectivity index (χ1v) is 7.16. The molecular formula is C18H20O6. The number of phenolic OH excluding ortho intramolecular Hbond substituents is 1. The molecule has 0 heterocycles. The summed E-state index contributed by atoms with van der Waals surface area (Å²) in [5.41, 5.74) is -0.346. The first-order valence-electron chi connectivity index (χ1n) is 7.16. The molecule has 0 aromatic heterocycles. The Bertz CT molecular complexity index is 673. The van der Waals surface area contributed by atoms with Crippen LogP contribution in [0.5, 0.6) is 11.5 Å². The number of aromatic hydroxyl groups is 1. The van der Waals surface area contributed by atoms with E-state index in [4.69, 9.17) is 9.84 Å². The number of benzene rings is 2. The zero-order valence-corrected chi connectivity index (χ0v) is 13.7. The van der Waals surface area contributed by atoms with Crippen molar-refractivity contribution in [2.45, 2.75) is 26.4 Å². The lowest BCUT2D eigenvalue weighted by molar-refractivity contribution is 0.00667. The van der Waals surface area contributed by atoms with Crippen molar-refractivity contribution >= 4 is 12.1 Å². The van der Waals surface area contributed by atoms with Crippen molar-refractivity contribution in [3.8, 4) is 11.5 Å². The van der Waals surface area contributed by atoms with E-state index in [1.54, 1.807) is 63.2 Å². The second-order valence-corrected chi connectivity index (χ2v) is 5.70. The third-order valence-electron chi connectivity index (χ3n) is 2.47. The largest absolute Gasteiger partial charge is 0.511 e. The molecule has 0 bridgehead atoms. The van der Waals surface area contributed by atoms with E-state index in [2.05, 4.69) is 4.74 Å². The van der Waals surface area contributed by atoms with E-state index in [0.717, 1.165) is 0 Å². The lowest BCUT2D eigenvalue weighted by Crippen LogP contribution is -2.23. The summed E-state index contributed by atoms with van der Waals surface area (Å²) in [7, 11) is 0. The number of esters is 1. The van der Waals surface area contributed by atoms with Crippen LogP contribution in [0.3, 0.4) is 0 Å². The van der Waals surface area contributed by atoms with Crippen LogP contribution in [-0.2, 0) is 4.74 Å². The Hall–Kier alpha value is -3.02. The SMILES string of the molecule is CC(C)(C)OC(=O)c1ccccc1O.O=C(O)Oc1ccccc1. The molecule has 0 saturated carbocycles. The highest BCUT2D eigenvalue weighted by Gasteiger charge is 2.19. The van der Waals surface area contributed by atoms with Crippen LogP contribution < -0.4 is 4.74 Å². The van der Waals surface area contributed by atoms with Crippen molar-refractivity contribution < 1.29 is 29.3 Å². The molecule has 0 unspecified atom stereocenters. The Morgan fingerprint density at radius 3 is 1.96 bits per heavy atom. The smallest absolute Gasteiger partial charge is 0.507 e. The monoisotopic (exact) mass is 332 g/mol. The normalized spacial score (nSPS) is 10.1. The van der Waals surface area contributed by atoms with Gasteiger partial charge in [0.05, 0.1) is 0 Å². The number of hydrogen-bond acceptors (Lipinski definition) is 5. The molecule has 0 radical (unpaired) electrons. The molecule has 2 aromatic rings. The summed E-state index contributed by atoms with van der Waals surface area (Å²) in [5, 5.41) is 17.5. The summed E-state index contributed by atoms with van der Waals surface area (Å²) >= 11 is 0. The molecule has 0 atom stereocenters. The second-order valence-electron chi connectivity index (χ2n) is 5.70. The van der Waals surface area contributed by atoms with Crippen molar-refractivity contribution in [3.63, 3.8) is 0 Å². The first-order chi connectivity index (χ1) is 11.2. The van der Waals surface area contributed by atoms with Crippen LogP contribution in [0.4, 0.5) is 4.79 Å². The highest BCUT2D eigenvalue weighted by Crippen LogP contribution is 2.19. The lowest BCUT2D eigenvalue weighted by atomic mass is 10.1. The topological polar surface area (TPSA) is 93.1 Å². The van der Waals surface area contributed by atoms with Crippen molar-refractivity contribution in [2.75, 3.05) is 0 Å². The van der Waals surface area contributed by atoms with Gasteiger partial charge in [0.2, 0.25) is 0 Å². The molecule has 6 nitrogen and oxygen atoms in total. The third kappa shape index (κ3) is 7.31. The van der Waals surface area contributed by atoms with Crippen molar-refractivity contribution in [1.29, 1.82) is 0 Å². The first kappa shape index (κ1) is 19.0. The quantitative estimate of drug-likeness (QED) is 0.635. The van der Waals surface area contributed by atoms with Crippen LogP contribution in [0.2, 0.25) is 0 Å².